The Hall–Kier alpha value is -1.11. The Morgan fingerprint density at radius 2 is 2.17 bits per heavy atom. The Morgan fingerprint density at radius 3 is 2.83 bits per heavy atom. The molecule has 5 nitrogen and oxygen atoms in total. The number of hydrogen-bond donors (Lipinski definition) is 1. The quantitative estimate of drug-likeness (QED) is 0.689. The molecule has 0 aliphatic heterocycles. The fourth-order valence-electron chi connectivity index (χ4n) is 1.55. The molecular weight excluding hydrogens is 274 g/mol. The van der Waals surface area contributed by atoms with Gasteiger partial charge in [0.05, 0.1) is 11.1 Å². The van der Waals surface area contributed by atoms with Gasteiger partial charge in [0.1, 0.15) is 10.4 Å². The summed E-state index contributed by atoms with van der Waals surface area (Å²) < 4.78 is 0.660. The molecule has 1 N–H and O–H groups in total. The van der Waals surface area contributed by atoms with Crippen LogP contribution in [-0.4, -0.2) is 31.9 Å². The van der Waals surface area contributed by atoms with Crippen LogP contribution in [-0.2, 0) is 0 Å². The SMILES string of the molecule is Cc1nc2nc(Cl)nc(C(=O)CC[C@@H](C)O)c2s1. The van der Waals surface area contributed by atoms with Gasteiger partial charge in [-0.3, -0.25) is 4.79 Å². The number of thiazole rings is 1. The number of halogens is 1. The van der Waals surface area contributed by atoms with Crippen LogP contribution in [0.1, 0.15) is 35.3 Å². The van der Waals surface area contributed by atoms with Crippen molar-refractivity contribution in [2.75, 3.05) is 0 Å². The number of Topliss-reactive ketones (excluding diaryl/α,β-unsaturated/α-hetero) is 1. The molecule has 0 aliphatic rings. The van der Waals surface area contributed by atoms with Crippen LogP contribution in [0.2, 0.25) is 5.28 Å². The highest BCUT2D eigenvalue weighted by atomic mass is 35.5. The number of aryl methyl sites for hydroxylation is 1. The van der Waals surface area contributed by atoms with Crippen molar-refractivity contribution in [1.29, 1.82) is 0 Å². The van der Waals surface area contributed by atoms with E-state index in [1.165, 1.54) is 11.3 Å². The largest absolute Gasteiger partial charge is 0.393 e. The number of carbonyl (C=O) groups excluding carboxylic acids is 1. The third kappa shape index (κ3) is 2.82. The van der Waals surface area contributed by atoms with Gasteiger partial charge >= 0.3 is 0 Å². The molecule has 0 aliphatic carbocycles. The fraction of sp³-hybridized carbons (Fsp3) is 0.455. The average Bonchev–Trinajstić information content (AvgIpc) is 2.64. The van der Waals surface area contributed by atoms with Gasteiger partial charge in [-0.25, -0.2) is 9.97 Å². The van der Waals surface area contributed by atoms with Crippen molar-refractivity contribution in [3.05, 3.63) is 16.0 Å². The highest BCUT2D eigenvalue weighted by molar-refractivity contribution is 7.18. The first-order valence-corrected chi connectivity index (χ1v) is 6.68. The lowest BCUT2D eigenvalue weighted by Crippen LogP contribution is -2.08. The number of ketones is 1. The first-order chi connectivity index (χ1) is 8.47. The molecule has 0 fully saturated rings. The van der Waals surface area contributed by atoms with E-state index in [0.29, 0.717) is 22.5 Å². The summed E-state index contributed by atoms with van der Waals surface area (Å²) in [5.74, 6) is -0.145. The van der Waals surface area contributed by atoms with Gasteiger partial charge in [0.2, 0.25) is 5.28 Å². The topological polar surface area (TPSA) is 76.0 Å². The minimum absolute atomic E-state index is 0.0215. The molecule has 0 radical (unpaired) electrons. The van der Waals surface area contributed by atoms with Gasteiger partial charge in [0.25, 0.3) is 0 Å². The number of nitrogens with zero attached hydrogens (tertiary/aromatic N) is 3. The molecule has 0 saturated carbocycles. The van der Waals surface area contributed by atoms with Gasteiger partial charge in [-0.05, 0) is 31.9 Å². The fourth-order valence-corrected chi connectivity index (χ4v) is 2.58. The Balaban J connectivity index is 2.39. The van der Waals surface area contributed by atoms with Crippen molar-refractivity contribution in [1.82, 2.24) is 15.0 Å². The average molecular weight is 286 g/mol. The third-order valence-corrected chi connectivity index (χ3v) is 3.52. The van der Waals surface area contributed by atoms with Crippen LogP contribution >= 0.6 is 22.9 Å². The normalized spacial score (nSPS) is 12.9. The van der Waals surface area contributed by atoms with E-state index in [0.717, 1.165) is 5.01 Å². The zero-order valence-corrected chi connectivity index (χ0v) is 11.5. The molecule has 1 atom stereocenters. The van der Waals surface area contributed by atoms with Crippen LogP contribution in [0.5, 0.6) is 0 Å². The second-order valence-corrected chi connectivity index (χ2v) is 5.58. The molecule has 2 heterocycles. The number of fused-ring (bicyclic) bond motifs is 1. The first kappa shape index (κ1) is 13.3. The zero-order valence-electron chi connectivity index (χ0n) is 9.97. The highest BCUT2D eigenvalue weighted by Gasteiger charge is 2.17. The van der Waals surface area contributed by atoms with Crippen molar-refractivity contribution in [3.63, 3.8) is 0 Å². The molecule has 0 saturated heterocycles. The van der Waals surface area contributed by atoms with Crippen LogP contribution in [0.15, 0.2) is 0 Å². The van der Waals surface area contributed by atoms with Gasteiger partial charge in [-0.2, -0.15) is 4.98 Å². The summed E-state index contributed by atoms with van der Waals surface area (Å²) in [7, 11) is 0. The highest BCUT2D eigenvalue weighted by Crippen LogP contribution is 2.25. The molecule has 18 heavy (non-hydrogen) atoms. The van der Waals surface area contributed by atoms with Crippen LogP contribution < -0.4 is 0 Å². The Bertz CT molecular complexity index is 597. The number of aliphatic hydroxyl groups excluding tert-OH is 1. The molecule has 2 aromatic rings. The summed E-state index contributed by atoms with van der Waals surface area (Å²) >= 11 is 7.15. The molecule has 0 unspecified atom stereocenters. The van der Waals surface area contributed by atoms with Crippen LogP contribution in [0.25, 0.3) is 10.3 Å². The van der Waals surface area contributed by atoms with E-state index in [9.17, 15) is 9.90 Å². The standard InChI is InChI=1S/C11H12ClN3O2S/c1-5(16)3-4-7(17)8-9-10(13-6(2)18-9)15-11(12)14-8/h5,16H,3-4H2,1-2H3/t5-/m1/s1. The number of carbonyl (C=O) groups is 1. The Morgan fingerprint density at radius 1 is 1.44 bits per heavy atom. The Labute approximate surface area is 113 Å². The predicted octanol–water partition coefficient (Wildman–Crippen LogP) is 2.39. The van der Waals surface area contributed by atoms with Crippen LogP contribution in [0.3, 0.4) is 0 Å². The van der Waals surface area contributed by atoms with E-state index in [-0.39, 0.29) is 17.5 Å². The van der Waals surface area contributed by atoms with E-state index in [1.54, 1.807) is 6.92 Å². The van der Waals surface area contributed by atoms with Crippen molar-refractivity contribution in [2.24, 2.45) is 0 Å². The first-order valence-electron chi connectivity index (χ1n) is 5.49. The molecule has 2 rings (SSSR count). The summed E-state index contributed by atoms with van der Waals surface area (Å²) in [6.07, 6.45) is 0.126. The predicted molar refractivity (Wildman–Crippen MR) is 70.2 cm³/mol. The van der Waals surface area contributed by atoms with E-state index in [4.69, 9.17) is 11.6 Å². The summed E-state index contributed by atoms with van der Waals surface area (Å²) in [6.45, 7) is 3.48. The second-order valence-electron chi connectivity index (χ2n) is 4.04. The summed E-state index contributed by atoms with van der Waals surface area (Å²) in [4.78, 5) is 24.2. The maximum atomic E-state index is 12.0. The Kier molecular flexibility index (Phi) is 3.89. The van der Waals surface area contributed by atoms with Gasteiger partial charge in [-0.15, -0.1) is 11.3 Å². The molecule has 0 bridgehead atoms. The van der Waals surface area contributed by atoms with E-state index >= 15 is 0 Å². The number of rotatable bonds is 4. The number of aliphatic hydroxyl groups is 1. The number of hydrogen-bond acceptors (Lipinski definition) is 6. The third-order valence-electron chi connectivity index (χ3n) is 2.39. The zero-order chi connectivity index (χ0) is 13.3. The van der Waals surface area contributed by atoms with Crippen molar-refractivity contribution >= 4 is 39.1 Å². The molecule has 2 aromatic heterocycles. The van der Waals surface area contributed by atoms with Crippen molar-refractivity contribution in [2.45, 2.75) is 32.8 Å². The lowest BCUT2D eigenvalue weighted by Gasteiger charge is -2.03. The molecule has 7 heteroatoms. The summed E-state index contributed by atoms with van der Waals surface area (Å²) in [5, 5.41) is 10.0. The van der Waals surface area contributed by atoms with Gasteiger partial charge < -0.3 is 5.11 Å². The van der Waals surface area contributed by atoms with E-state index in [1.807, 2.05) is 6.92 Å². The van der Waals surface area contributed by atoms with Crippen LogP contribution in [0, 0.1) is 6.92 Å². The van der Waals surface area contributed by atoms with Gasteiger partial charge in [-0.1, -0.05) is 0 Å². The molecule has 0 spiro atoms. The molecule has 96 valence electrons. The molecular formula is C11H12ClN3O2S. The smallest absolute Gasteiger partial charge is 0.225 e. The van der Waals surface area contributed by atoms with E-state index < -0.39 is 6.10 Å². The summed E-state index contributed by atoms with van der Waals surface area (Å²) in [5.41, 5.74) is 0.758. The molecule has 0 amide bonds. The van der Waals surface area contributed by atoms with Crippen molar-refractivity contribution in [3.8, 4) is 0 Å². The second kappa shape index (κ2) is 5.26. The van der Waals surface area contributed by atoms with Crippen LogP contribution in [0.4, 0.5) is 0 Å². The van der Waals surface area contributed by atoms with Gasteiger partial charge in [0, 0.05) is 6.42 Å². The minimum atomic E-state index is -0.509. The van der Waals surface area contributed by atoms with E-state index in [2.05, 4.69) is 15.0 Å². The maximum absolute atomic E-state index is 12.0. The molecule has 0 aromatic carbocycles. The van der Waals surface area contributed by atoms with Crippen molar-refractivity contribution < 1.29 is 9.90 Å². The lowest BCUT2D eigenvalue weighted by atomic mass is 10.1. The number of aromatic nitrogens is 3. The summed E-state index contributed by atoms with van der Waals surface area (Å²) in [6, 6.07) is 0. The maximum Gasteiger partial charge on any atom is 0.225 e. The monoisotopic (exact) mass is 285 g/mol. The van der Waals surface area contributed by atoms with Gasteiger partial charge in [0.15, 0.2) is 11.4 Å². The minimum Gasteiger partial charge on any atom is -0.393 e. The lowest BCUT2D eigenvalue weighted by molar-refractivity contribution is 0.0946.